The summed E-state index contributed by atoms with van der Waals surface area (Å²) in [6.07, 6.45) is 0.837. The SMILES string of the molecule is CC[C@@H](C)n1c(SCc2ccc([N+](=O)[O-])cc2)nc2ccsc2c1=O. The molecule has 2 aromatic heterocycles. The van der Waals surface area contributed by atoms with E-state index < -0.39 is 4.92 Å². The Balaban J connectivity index is 1.92. The molecule has 0 aliphatic heterocycles. The van der Waals surface area contributed by atoms with Gasteiger partial charge in [-0.2, -0.15) is 0 Å². The Kier molecular flexibility index (Phi) is 5.19. The third-order valence-electron chi connectivity index (χ3n) is 4.03. The van der Waals surface area contributed by atoms with Crippen LogP contribution in [0.2, 0.25) is 0 Å². The van der Waals surface area contributed by atoms with E-state index in [1.165, 1.54) is 35.2 Å². The topological polar surface area (TPSA) is 78.0 Å². The third-order valence-corrected chi connectivity index (χ3v) is 5.94. The zero-order valence-electron chi connectivity index (χ0n) is 13.8. The second kappa shape index (κ2) is 7.37. The fourth-order valence-electron chi connectivity index (χ4n) is 2.44. The van der Waals surface area contributed by atoms with Crippen LogP contribution in [-0.2, 0) is 5.75 Å². The van der Waals surface area contributed by atoms with Gasteiger partial charge in [0.25, 0.3) is 11.2 Å². The molecule has 0 saturated carbocycles. The van der Waals surface area contributed by atoms with Crippen LogP contribution in [-0.4, -0.2) is 14.5 Å². The molecule has 0 radical (unpaired) electrons. The van der Waals surface area contributed by atoms with Crippen molar-refractivity contribution in [1.29, 1.82) is 0 Å². The number of hydrogen-bond donors (Lipinski definition) is 0. The number of thiophene rings is 1. The number of non-ortho nitro benzene ring substituents is 1. The number of aromatic nitrogens is 2. The van der Waals surface area contributed by atoms with Crippen molar-refractivity contribution in [1.82, 2.24) is 9.55 Å². The van der Waals surface area contributed by atoms with Crippen LogP contribution in [0.5, 0.6) is 0 Å². The average Bonchev–Trinajstić information content (AvgIpc) is 3.08. The zero-order valence-corrected chi connectivity index (χ0v) is 15.5. The lowest BCUT2D eigenvalue weighted by Crippen LogP contribution is -2.25. The van der Waals surface area contributed by atoms with Gasteiger partial charge in [-0.05, 0) is 30.4 Å². The van der Waals surface area contributed by atoms with Gasteiger partial charge >= 0.3 is 0 Å². The van der Waals surface area contributed by atoms with Gasteiger partial charge in [-0.3, -0.25) is 19.5 Å². The van der Waals surface area contributed by atoms with Gasteiger partial charge in [0.15, 0.2) is 5.16 Å². The Morgan fingerprint density at radius 3 is 2.68 bits per heavy atom. The van der Waals surface area contributed by atoms with Gasteiger partial charge in [0.05, 0.1) is 10.4 Å². The number of nitro benzene ring substituents is 1. The van der Waals surface area contributed by atoms with E-state index in [0.717, 1.165) is 17.5 Å². The first-order chi connectivity index (χ1) is 12.0. The molecule has 0 amide bonds. The highest BCUT2D eigenvalue weighted by Gasteiger charge is 2.16. The number of nitrogens with zero attached hydrogens (tertiary/aromatic N) is 3. The highest BCUT2D eigenvalue weighted by atomic mass is 32.2. The molecular formula is C17H17N3O3S2. The van der Waals surface area contributed by atoms with Gasteiger partial charge in [-0.15, -0.1) is 11.3 Å². The predicted octanol–water partition coefficient (Wildman–Crippen LogP) is 4.63. The van der Waals surface area contributed by atoms with E-state index in [1.54, 1.807) is 16.7 Å². The highest BCUT2D eigenvalue weighted by Crippen LogP contribution is 2.27. The second-order valence-electron chi connectivity index (χ2n) is 5.67. The van der Waals surface area contributed by atoms with E-state index >= 15 is 0 Å². The smallest absolute Gasteiger partial charge is 0.272 e. The molecule has 0 saturated heterocycles. The molecule has 0 aliphatic carbocycles. The van der Waals surface area contributed by atoms with Crippen LogP contribution < -0.4 is 5.56 Å². The summed E-state index contributed by atoms with van der Waals surface area (Å²) in [4.78, 5) is 27.8. The van der Waals surface area contributed by atoms with Gasteiger partial charge < -0.3 is 0 Å². The maximum atomic E-state index is 12.8. The minimum atomic E-state index is -0.413. The molecule has 130 valence electrons. The molecule has 0 N–H and O–H groups in total. The molecule has 25 heavy (non-hydrogen) atoms. The molecule has 2 heterocycles. The molecule has 1 aromatic carbocycles. The van der Waals surface area contributed by atoms with E-state index in [-0.39, 0.29) is 17.3 Å². The van der Waals surface area contributed by atoms with Crippen LogP contribution in [0.15, 0.2) is 45.7 Å². The Morgan fingerprint density at radius 1 is 1.32 bits per heavy atom. The molecule has 0 spiro atoms. The minimum Gasteiger partial charge on any atom is -0.284 e. The average molecular weight is 375 g/mol. The fraction of sp³-hybridized carbons (Fsp3) is 0.294. The molecule has 0 aliphatic rings. The monoisotopic (exact) mass is 375 g/mol. The van der Waals surface area contributed by atoms with E-state index in [0.29, 0.717) is 15.6 Å². The van der Waals surface area contributed by atoms with Gasteiger partial charge in [0.2, 0.25) is 0 Å². The van der Waals surface area contributed by atoms with Crippen LogP contribution in [0.3, 0.4) is 0 Å². The van der Waals surface area contributed by atoms with Gasteiger partial charge in [-0.1, -0.05) is 30.8 Å². The largest absolute Gasteiger partial charge is 0.284 e. The fourth-order valence-corrected chi connectivity index (χ4v) is 4.26. The van der Waals surface area contributed by atoms with Crippen molar-refractivity contribution < 1.29 is 4.92 Å². The lowest BCUT2D eigenvalue weighted by molar-refractivity contribution is -0.384. The standard InChI is InChI=1S/C17H17N3O3S2/c1-3-11(2)19-16(21)15-14(8-9-24-15)18-17(19)25-10-12-4-6-13(7-5-12)20(22)23/h4-9,11H,3,10H2,1-2H3/t11-/m1/s1. The summed E-state index contributed by atoms with van der Waals surface area (Å²) in [6.45, 7) is 4.05. The van der Waals surface area contributed by atoms with E-state index in [1.807, 2.05) is 25.3 Å². The molecule has 0 unspecified atom stereocenters. The van der Waals surface area contributed by atoms with Crippen molar-refractivity contribution in [3.05, 3.63) is 61.7 Å². The van der Waals surface area contributed by atoms with Crippen LogP contribution in [0, 0.1) is 10.1 Å². The summed E-state index contributed by atoms with van der Waals surface area (Å²) in [5.41, 5.74) is 1.75. The second-order valence-corrected chi connectivity index (χ2v) is 7.53. The van der Waals surface area contributed by atoms with Crippen LogP contribution in [0.25, 0.3) is 10.2 Å². The Bertz CT molecular complexity index is 963. The summed E-state index contributed by atoms with van der Waals surface area (Å²) in [6, 6.07) is 8.38. The normalized spacial score (nSPS) is 12.4. The van der Waals surface area contributed by atoms with Crippen molar-refractivity contribution in [3.8, 4) is 0 Å². The summed E-state index contributed by atoms with van der Waals surface area (Å²) in [5.74, 6) is 0.594. The number of hydrogen-bond acceptors (Lipinski definition) is 6. The Labute approximate surface area is 152 Å². The minimum absolute atomic E-state index is 0.000509. The predicted molar refractivity (Wildman–Crippen MR) is 102 cm³/mol. The summed E-state index contributed by atoms with van der Waals surface area (Å²) < 4.78 is 2.44. The van der Waals surface area contributed by atoms with Crippen molar-refractivity contribution in [2.24, 2.45) is 0 Å². The van der Waals surface area contributed by atoms with Crippen LogP contribution in [0.1, 0.15) is 31.9 Å². The first-order valence-corrected chi connectivity index (χ1v) is 9.73. The first-order valence-electron chi connectivity index (χ1n) is 7.87. The summed E-state index contributed by atoms with van der Waals surface area (Å²) in [7, 11) is 0. The number of fused-ring (bicyclic) bond motifs is 1. The third kappa shape index (κ3) is 3.59. The van der Waals surface area contributed by atoms with Gasteiger partial charge in [-0.25, -0.2) is 4.98 Å². The maximum Gasteiger partial charge on any atom is 0.272 e. The molecule has 0 bridgehead atoms. The van der Waals surface area contributed by atoms with Gasteiger partial charge in [0, 0.05) is 23.9 Å². The van der Waals surface area contributed by atoms with Crippen molar-refractivity contribution in [2.45, 2.75) is 37.2 Å². The number of thioether (sulfide) groups is 1. The summed E-state index contributed by atoms with van der Waals surface area (Å²) in [5, 5.41) is 13.3. The molecule has 8 heteroatoms. The van der Waals surface area contributed by atoms with E-state index in [9.17, 15) is 14.9 Å². The Morgan fingerprint density at radius 2 is 2.04 bits per heavy atom. The highest BCUT2D eigenvalue weighted by molar-refractivity contribution is 7.98. The molecule has 6 nitrogen and oxygen atoms in total. The molecule has 3 aromatic rings. The summed E-state index contributed by atoms with van der Waals surface area (Å²) >= 11 is 2.89. The van der Waals surface area contributed by atoms with Crippen molar-refractivity contribution >= 4 is 39.0 Å². The first kappa shape index (κ1) is 17.6. The molecule has 3 rings (SSSR count). The Hall–Kier alpha value is -2.19. The quantitative estimate of drug-likeness (QED) is 0.272. The molecule has 1 atom stereocenters. The van der Waals surface area contributed by atoms with Gasteiger partial charge in [0.1, 0.15) is 4.70 Å². The number of rotatable bonds is 6. The lowest BCUT2D eigenvalue weighted by Gasteiger charge is -2.17. The maximum absolute atomic E-state index is 12.8. The lowest BCUT2D eigenvalue weighted by atomic mass is 10.2. The van der Waals surface area contributed by atoms with Crippen molar-refractivity contribution in [3.63, 3.8) is 0 Å². The molecule has 0 fully saturated rings. The van der Waals surface area contributed by atoms with Crippen LogP contribution >= 0.6 is 23.1 Å². The van der Waals surface area contributed by atoms with E-state index in [2.05, 4.69) is 4.98 Å². The van der Waals surface area contributed by atoms with Crippen LogP contribution in [0.4, 0.5) is 5.69 Å². The molecular weight excluding hydrogens is 358 g/mol. The van der Waals surface area contributed by atoms with E-state index in [4.69, 9.17) is 0 Å². The zero-order chi connectivity index (χ0) is 18.0. The number of benzene rings is 1. The van der Waals surface area contributed by atoms with Crippen molar-refractivity contribution in [2.75, 3.05) is 0 Å². The number of nitro groups is 1.